The van der Waals surface area contributed by atoms with E-state index in [1.807, 2.05) is 43.3 Å². The molecule has 1 heterocycles. The maximum absolute atomic E-state index is 12.5. The van der Waals surface area contributed by atoms with Crippen LogP contribution < -0.4 is 10.2 Å². The monoisotopic (exact) mass is 280 g/mol. The van der Waals surface area contributed by atoms with Crippen molar-refractivity contribution in [3.05, 3.63) is 60.2 Å². The fraction of sp³-hybridized carbons (Fsp3) is 0.278. The molecule has 0 radical (unpaired) electrons. The molecule has 1 aliphatic heterocycles. The first-order chi connectivity index (χ1) is 10.3. The number of carbonyl (C=O) groups excluding carboxylic acids is 1. The lowest BCUT2D eigenvalue weighted by atomic mass is 10.00. The Hall–Kier alpha value is -2.29. The molecule has 0 spiro atoms. The summed E-state index contributed by atoms with van der Waals surface area (Å²) in [6, 6.07) is 17.8. The SMILES string of the molecule is CC(C(=O)Nc1ccccc1)N1CCCc2ccccc21. The highest BCUT2D eigenvalue weighted by molar-refractivity contribution is 5.96. The second kappa shape index (κ2) is 6.00. The van der Waals surface area contributed by atoms with Gasteiger partial charge in [0.2, 0.25) is 5.91 Å². The van der Waals surface area contributed by atoms with Crippen LogP contribution in [0, 0.1) is 0 Å². The molecule has 0 saturated carbocycles. The van der Waals surface area contributed by atoms with E-state index in [-0.39, 0.29) is 11.9 Å². The fourth-order valence-corrected chi connectivity index (χ4v) is 2.87. The molecule has 21 heavy (non-hydrogen) atoms. The van der Waals surface area contributed by atoms with Crippen molar-refractivity contribution in [2.75, 3.05) is 16.8 Å². The van der Waals surface area contributed by atoms with E-state index < -0.39 is 0 Å². The number of amides is 1. The second-order valence-electron chi connectivity index (χ2n) is 5.46. The molecule has 3 nitrogen and oxygen atoms in total. The number of anilines is 2. The number of rotatable bonds is 3. The number of nitrogens with zero attached hydrogens (tertiary/aromatic N) is 1. The number of carbonyl (C=O) groups is 1. The summed E-state index contributed by atoms with van der Waals surface area (Å²) in [7, 11) is 0. The first kappa shape index (κ1) is 13.7. The summed E-state index contributed by atoms with van der Waals surface area (Å²) < 4.78 is 0. The van der Waals surface area contributed by atoms with Gasteiger partial charge in [0.1, 0.15) is 6.04 Å². The topological polar surface area (TPSA) is 32.3 Å². The first-order valence-corrected chi connectivity index (χ1v) is 7.46. The van der Waals surface area contributed by atoms with Gasteiger partial charge in [0.15, 0.2) is 0 Å². The van der Waals surface area contributed by atoms with Gasteiger partial charge in [0.05, 0.1) is 0 Å². The molecular formula is C18H20N2O. The summed E-state index contributed by atoms with van der Waals surface area (Å²) >= 11 is 0. The Labute approximate surface area is 125 Å². The highest BCUT2D eigenvalue weighted by Crippen LogP contribution is 2.28. The third-order valence-electron chi connectivity index (χ3n) is 4.03. The third kappa shape index (κ3) is 2.92. The number of fused-ring (bicyclic) bond motifs is 1. The minimum Gasteiger partial charge on any atom is -0.360 e. The molecule has 1 amide bonds. The van der Waals surface area contributed by atoms with Gasteiger partial charge in [0.25, 0.3) is 0 Å². The van der Waals surface area contributed by atoms with Crippen molar-refractivity contribution in [3.63, 3.8) is 0 Å². The molecule has 1 N–H and O–H groups in total. The normalized spacial score (nSPS) is 15.2. The molecule has 1 atom stereocenters. The first-order valence-electron chi connectivity index (χ1n) is 7.46. The zero-order valence-electron chi connectivity index (χ0n) is 12.3. The van der Waals surface area contributed by atoms with Crippen LogP contribution in [0.5, 0.6) is 0 Å². The number of nitrogens with one attached hydrogen (secondary N) is 1. The maximum Gasteiger partial charge on any atom is 0.246 e. The van der Waals surface area contributed by atoms with Crippen LogP contribution in [0.15, 0.2) is 54.6 Å². The van der Waals surface area contributed by atoms with E-state index in [4.69, 9.17) is 0 Å². The summed E-state index contributed by atoms with van der Waals surface area (Å²) in [5.41, 5.74) is 3.38. The molecule has 3 heteroatoms. The Morgan fingerprint density at radius 2 is 1.81 bits per heavy atom. The van der Waals surface area contributed by atoms with Crippen molar-refractivity contribution >= 4 is 17.3 Å². The largest absolute Gasteiger partial charge is 0.360 e. The van der Waals surface area contributed by atoms with Gasteiger partial charge >= 0.3 is 0 Å². The average molecular weight is 280 g/mol. The van der Waals surface area contributed by atoms with Gasteiger partial charge in [-0.25, -0.2) is 0 Å². The minimum atomic E-state index is -0.174. The van der Waals surface area contributed by atoms with E-state index >= 15 is 0 Å². The molecule has 1 unspecified atom stereocenters. The lowest BCUT2D eigenvalue weighted by molar-refractivity contribution is -0.117. The summed E-state index contributed by atoms with van der Waals surface area (Å²) in [4.78, 5) is 14.7. The van der Waals surface area contributed by atoms with Gasteiger partial charge in [-0.1, -0.05) is 36.4 Å². The summed E-state index contributed by atoms with van der Waals surface area (Å²) in [5, 5.41) is 2.99. The maximum atomic E-state index is 12.5. The van der Waals surface area contributed by atoms with Gasteiger partial charge in [0, 0.05) is 17.9 Å². The van der Waals surface area contributed by atoms with Crippen molar-refractivity contribution in [3.8, 4) is 0 Å². The molecule has 2 aromatic carbocycles. The molecule has 0 saturated heterocycles. The van der Waals surface area contributed by atoms with Gasteiger partial charge in [-0.15, -0.1) is 0 Å². The molecule has 3 rings (SSSR count). The Morgan fingerprint density at radius 1 is 1.10 bits per heavy atom. The van der Waals surface area contributed by atoms with Crippen LogP contribution in [0.4, 0.5) is 11.4 Å². The van der Waals surface area contributed by atoms with Crippen molar-refractivity contribution in [1.82, 2.24) is 0 Å². The minimum absolute atomic E-state index is 0.0397. The summed E-state index contributed by atoms with van der Waals surface area (Å²) in [6.07, 6.45) is 2.19. The zero-order valence-corrected chi connectivity index (χ0v) is 12.3. The van der Waals surface area contributed by atoms with Crippen molar-refractivity contribution in [2.24, 2.45) is 0 Å². The Morgan fingerprint density at radius 3 is 2.62 bits per heavy atom. The molecule has 0 bridgehead atoms. The summed E-state index contributed by atoms with van der Waals surface area (Å²) in [6.45, 7) is 2.90. The molecule has 0 fully saturated rings. The number of hydrogen-bond donors (Lipinski definition) is 1. The molecule has 2 aromatic rings. The van der Waals surface area contributed by atoms with Crippen LogP contribution in [-0.4, -0.2) is 18.5 Å². The molecule has 0 aliphatic carbocycles. The van der Waals surface area contributed by atoms with E-state index in [0.29, 0.717) is 0 Å². The van der Waals surface area contributed by atoms with Crippen LogP contribution in [0.1, 0.15) is 18.9 Å². The third-order valence-corrected chi connectivity index (χ3v) is 4.03. The van der Waals surface area contributed by atoms with Crippen molar-refractivity contribution < 1.29 is 4.79 Å². The predicted molar refractivity (Wildman–Crippen MR) is 86.6 cm³/mol. The molecule has 0 aromatic heterocycles. The number of para-hydroxylation sites is 2. The molecule has 1 aliphatic rings. The van der Waals surface area contributed by atoms with Crippen LogP contribution in [-0.2, 0) is 11.2 Å². The second-order valence-corrected chi connectivity index (χ2v) is 5.46. The zero-order chi connectivity index (χ0) is 14.7. The van der Waals surface area contributed by atoms with E-state index in [2.05, 4.69) is 28.4 Å². The van der Waals surface area contributed by atoms with Gasteiger partial charge in [-0.2, -0.15) is 0 Å². The highest BCUT2D eigenvalue weighted by Gasteiger charge is 2.25. The van der Waals surface area contributed by atoms with Crippen LogP contribution in [0.25, 0.3) is 0 Å². The lowest BCUT2D eigenvalue weighted by Gasteiger charge is -2.35. The van der Waals surface area contributed by atoms with Crippen LogP contribution in [0.2, 0.25) is 0 Å². The van der Waals surface area contributed by atoms with Crippen LogP contribution in [0.3, 0.4) is 0 Å². The molecular weight excluding hydrogens is 260 g/mol. The number of hydrogen-bond acceptors (Lipinski definition) is 2. The molecule has 108 valence electrons. The number of benzene rings is 2. The van der Waals surface area contributed by atoms with Gasteiger partial charge in [-0.3, -0.25) is 4.79 Å². The quantitative estimate of drug-likeness (QED) is 0.933. The van der Waals surface area contributed by atoms with E-state index in [1.165, 1.54) is 11.3 Å². The Kier molecular flexibility index (Phi) is 3.91. The summed E-state index contributed by atoms with van der Waals surface area (Å²) in [5.74, 6) is 0.0397. The highest BCUT2D eigenvalue weighted by atomic mass is 16.2. The smallest absolute Gasteiger partial charge is 0.246 e. The number of aryl methyl sites for hydroxylation is 1. The van der Waals surface area contributed by atoms with E-state index in [9.17, 15) is 4.79 Å². The lowest BCUT2D eigenvalue weighted by Crippen LogP contribution is -2.44. The fourth-order valence-electron chi connectivity index (χ4n) is 2.87. The average Bonchev–Trinajstić information content (AvgIpc) is 2.54. The van der Waals surface area contributed by atoms with Crippen LogP contribution >= 0.6 is 0 Å². The van der Waals surface area contributed by atoms with Crippen molar-refractivity contribution in [1.29, 1.82) is 0 Å². The standard InChI is InChI=1S/C18H20N2O/c1-14(18(21)19-16-10-3-2-4-11-16)20-13-7-9-15-8-5-6-12-17(15)20/h2-6,8,10-12,14H,7,9,13H2,1H3,(H,19,21). The van der Waals surface area contributed by atoms with E-state index in [1.54, 1.807) is 0 Å². The van der Waals surface area contributed by atoms with Gasteiger partial charge < -0.3 is 10.2 Å². The van der Waals surface area contributed by atoms with E-state index in [0.717, 1.165) is 25.1 Å². The Balaban J connectivity index is 1.76. The Bertz CT molecular complexity index is 624. The van der Waals surface area contributed by atoms with Gasteiger partial charge in [-0.05, 0) is 43.5 Å². The predicted octanol–water partition coefficient (Wildman–Crippen LogP) is 3.47. The van der Waals surface area contributed by atoms with Crippen molar-refractivity contribution in [2.45, 2.75) is 25.8 Å².